The van der Waals surface area contributed by atoms with Gasteiger partial charge < -0.3 is 14.6 Å². The number of likely N-dealkylation sites (tertiary alicyclic amines) is 1. The third-order valence-corrected chi connectivity index (χ3v) is 5.10. The second-order valence-electron chi connectivity index (χ2n) is 6.03. The number of aromatic amines is 1. The molecule has 1 aromatic heterocycles. The van der Waals surface area contributed by atoms with Gasteiger partial charge in [0.15, 0.2) is 6.10 Å². The summed E-state index contributed by atoms with van der Waals surface area (Å²) in [6.45, 7) is 3.31. The van der Waals surface area contributed by atoms with Crippen LogP contribution in [0.25, 0.3) is 0 Å². The number of aromatic nitrogens is 2. The van der Waals surface area contributed by atoms with E-state index in [1.165, 1.54) is 4.90 Å². The van der Waals surface area contributed by atoms with E-state index in [-0.39, 0.29) is 11.8 Å². The molecule has 2 heterocycles. The van der Waals surface area contributed by atoms with E-state index in [0.29, 0.717) is 6.54 Å². The van der Waals surface area contributed by atoms with Gasteiger partial charge in [0.2, 0.25) is 0 Å². The van der Waals surface area contributed by atoms with Crippen LogP contribution < -0.4 is 4.74 Å². The predicted molar refractivity (Wildman–Crippen MR) is 95.5 cm³/mol. The monoisotopic (exact) mass is 345 g/mol. The minimum atomic E-state index is -0.486. The second-order valence-corrected chi connectivity index (χ2v) is 6.91. The van der Waals surface area contributed by atoms with Crippen molar-refractivity contribution < 1.29 is 9.53 Å². The van der Waals surface area contributed by atoms with Crippen molar-refractivity contribution in [3.05, 3.63) is 42.5 Å². The maximum atomic E-state index is 12.7. The van der Waals surface area contributed by atoms with Gasteiger partial charge in [-0.25, -0.2) is 4.98 Å². The van der Waals surface area contributed by atoms with Crippen molar-refractivity contribution in [3.8, 4) is 5.75 Å². The zero-order valence-electron chi connectivity index (χ0n) is 14.1. The average molecular weight is 345 g/mol. The summed E-state index contributed by atoms with van der Waals surface area (Å²) in [5.41, 5.74) is 0. The molecule has 1 saturated heterocycles. The fourth-order valence-electron chi connectivity index (χ4n) is 3.07. The number of rotatable bonds is 5. The van der Waals surface area contributed by atoms with Crippen LogP contribution in [0.1, 0.15) is 31.5 Å². The van der Waals surface area contributed by atoms with E-state index >= 15 is 0 Å². The van der Waals surface area contributed by atoms with Crippen LogP contribution in [-0.2, 0) is 4.79 Å². The lowest BCUT2D eigenvalue weighted by Crippen LogP contribution is -2.45. The lowest BCUT2D eigenvalue weighted by Gasteiger charge is -2.33. The standard InChI is InChI=1S/C18H23N3O2S/c1-13(23-15-5-7-16(24-2)8-6-15)18(22)21-11-3-4-14(12-21)17-19-9-10-20-17/h5-10,13-14H,3-4,11-12H2,1-2H3,(H,19,20)/t13-,14+/m1/s1. The first-order valence-electron chi connectivity index (χ1n) is 8.26. The molecule has 2 atom stereocenters. The van der Waals surface area contributed by atoms with Crippen LogP contribution in [-0.4, -0.2) is 46.2 Å². The van der Waals surface area contributed by atoms with Crippen LogP contribution in [0.2, 0.25) is 0 Å². The molecule has 1 aliphatic heterocycles. The van der Waals surface area contributed by atoms with Crippen molar-refractivity contribution in [1.29, 1.82) is 0 Å². The Balaban J connectivity index is 1.59. The first-order valence-corrected chi connectivity index (χ1v) is 9.48. The van der Waals surface area contributed by atoms with Crippen molar-refractivity contribution >= 4 is 17.7 Å². The third kappa shape index (κ3) is 3.93. The lowest BCUT2D eigenvalue weighted by atomic mass is 9.97. The molecule has 0 bridgehead atoms. The molecule has 1 N–H and O–H groups in total. The molecule has 2 aromatic rings. The highest BCUT2D eigenvalue weighted by atomic mass is 32.2. The molecule has 0 spiro atoms. The second kappa shape index (κ2) is 7.75. The van der Waals surface area contributed by atoms with Crippen LogP contribution >= 0.6 is 11.8 Å². The zero-order valence-corrected chi connectivity index (χ0v) is 14.9. The van der Waals surface area contributed by atoms with E-state index in [1.54, 1.807) is 18.0 Å². The first kappa shape index (κ1) is 16.9. The Labute approximate surface area is 146 Å². The van der Waals surface area contributed by atoms with Gasteiger partial charge in [0.1, 0.15) is 11.6 Å². The van der Waals surface area contributed by atoms with Gasteiger partial charge in [-0.1, -0.05) is 0 Å². The van der Waals surface area contributed by atoms with Crippen LogP contribution in [0, 0.1) is 0 Å². The number of ether oxygens (including phenoxy) is 1. The molecule has 3 rings (SSSR count). The number of nitrogens with one attached hydrogen (secondary N) is 1. The highest BCUT2D eigenvalue weighted by Crippen LogP contribution is 2.25. The molecular formula is C18H23N3O2S. The Morgan fingerprint density at radius 2 is 2.21 bits per heavy atom. The van der Waals surface area contributed by atoms with Crippen molar-refractivity contribution in [3.63, 3.8) is 0 Å². The van der Waals surface area contributed by atoms with Crippen LogP contribution in [0.3, 0.4) is 0 Å². The highest BCUT2D eigenvalue weighted by Gasteiger charge is 2.29. The summed E-state index contributed by atoms with van der Waals surface area (Å²) in [7, 11) is 0. The number of H-pyrrole nitrogens is 1. The highest BCUT2D eigenvalue weighted by molar-refractivity contribution is 7.98. The fraction of sp³-hybridized carbons (Fsp3) is 0.444. The van der Waals surface area contributed by atoms with Gasteiger partial charge in [0.25, 0.3) is 5.91 Å². The predicted octanol–water partition coefficient (Wildman–Crippen LogP) is 3.31. The molecule has 5 nitrogen and oxygen atoms in total. The Morgan fingerprint density at radius 3 is 2.88 bits per heavy atom. The van der Waals surface area contributed by atoms with Crippen molar-refractivity contribution in [2.24, 2.45) is 0 Å². The Hall–Kier alpha value is -1.95. The minimum absolute atomic E-state index is 0.0419. The fourth-order valence-corrected chi connectivity index (χ4v) is 3.48. The van der Waals surface area contributed by atoms with Gasteiger partial charge in [0, 0.05) is 36.3 Å². The number of carbonyl (C=O) groups excluding carboxylic acids is 1. The number of benzene rings is 1. The van der Waals surface area contributed by atoms with Crippen molar-refractivity contribution in [2.75, 3.05) is 19.3 Å². The van der Waals surface area contributed by atoms with Gasteiger partial charge in [-0.15, -0.1) is 11.8 Å². The number of amides is 1. The van der Waals surface area contributed by atoms with E-state index in [2.05, 4.69) is 9.97 Å². The topological polar surface area (TPSA) is 58.2 Å². The third-order valence-electron chi connectivity index (χ3n) is 4.36. The van der Waals surface area contributed by atoms with Gasteiger partial charge in [-0.05, 0) is 50.3 Å². The normalized spacial score (nSPS) is 19.1. The molecule has 1 fully saturated rings. The Morgan fingerprint density at radius 1 is 1.42 bits per heavy atom. The molecule has 1 aromatic carbocycles. The summed E-state index contributed by atoms with van der Waals surface area (Å²) in [5.74, 6) is 2.02. The van der Waals surface area contributed by atoms with E-state index in [0.717, 1.165) is 31.0 Å². The lowest BCUT2D eigenvalue weighted by molar-refractivity contribution is -0.139. The molecular weight excluding hydrogens is 322 g/mol. The molecule has 6 heteroatoms. The Bertz CT molecular complexity index is 657. The summed E-state index contributed by atoms with van der Waals surface area (Å²) in [5, 5.41) is 0. The summed E-state index contributed by atoms with van der Waals surface area (Å²) in [4.78, 5) is 23.3. The molecule has 1 aliphatic rings. The number of carbonyl (C=O) groups is 1. The number of thioether (sulfide) groups is 1. The Kier molecular flexibility index (Phi) is 5.45. The zero-order chi connectivity index (χ0) is 16.9. The smallest absolute Gasteiger partial charge is 0.263 e. The van der Waals surface area contributed by atoms with Gasteiger partial charge >= 0.3 is 0 Å². The molecule has 0 saturated carbocycles. The molecule has 0 unspecified atom stereocenters. The molecule has 0 aliphatic carbocycles. The average Bonchev–Trinajstić information content (AvgIpc) is 3.16. The minimum Gasteiger partial charge on any atom is -0.481 e. The van der Waals surface area contributed by atoms with Crippen LogP contribution in [0.15, 0.2) is 41.6 Å². The maximum absolute atomic E-state index is 12.7. The number of piperidine rings is 1. The molecule has 128 valence electrons. The number of hydrogen-bond acceptors (Lipinski definition) is 4. The van der Waals surface area contributed by atoms with E-state index < -0.39 is 6.10 Å². The van der Waals surface area contributed by atoms with E-state index in [4.69, 9.17) is 4.74 Å². The van der Waals surface area contributed by atoms with Gasteiger partial charge in [-0.2, -0.15) is 0 Å². The quantitative estimate of drug-likeness (QED) is 0.845. The van der Waals surface area contributed by atoms with Crippen molar-refractivity contribution in [1.82, 2.24) is 14.9 Å². The van der Waals surface area contributed by atoms with Crippen LogP contribution in [0.4, 0.5) is 0 Å². The first-order chi connectivity index (χ1) is 11.7. The maximum Gasteiger partial charge on any atom is 0.263 e. The number of hydrogen-bond donors (Lipinski definition) is 1. The number of imidazole rings is 1. The van der Waals surface area contributed by atoms with Crippen LogP contribution in [0.5, 0.6) is 5.75 Å². The summed E-state index contributed by atoms with van der Waals surface area (Å²) >= 11 is 1.68. The largest absolute Gasteiger partial charge is 0.481 e. The summed E-state index contributed by atoms with van der Waals surface area (Å²) in [6.07, 6.45) is 7.20. The van der Waals surface area contributed by atoms with Gasteiger partial charge in [-0.3, -0.25) is 4.79 Å². The van der Waals surface area contributed by atoms with Gasteiger partial charge in [0.05, 0.1) is 0 Å². The SMILES string of the molecule is CSc1ccc(O[C@H](C)C(=O)N2CCC[C@H](c3ncc[nH]3)C2)cc1. The molecule has 24 heavy (non-hydrogen) atoms. The summed E-state index contributed by atoms with van der Waals surface area (Å²) < 4.78 is 5.83. The molecule has 1 amide bonds. The van der Waals surface area contributed by atoms with Crippen molar-refractivity contribution in [2.45, 2.75) is 36.7 Å². The van der Waals surface area contributed by atoms with E-state index in [1.807, 2.05) is 48.5 Å². The summed E-state index contributed by atoms with van der Waals surface area (Å²) in [6, 6.07) is 7.84. The van der Waals surface area contributed by atoms with E-state index in [9.17, 15) is 4.79 Å². The molecule has 0 radical (unpaired) electrons. The number of nitrogens with zero attached hydrogens (tertiary/aromatic N) is 2.